The van der Waals surface area contributed by atoms with Crippen LogP contribution in [0.3, 0.4) is 0 Å². The van der Waals surface area contributed by atoms with Crippen molar-refractivity contribution in [1.29, 1.82) is 0 Å². The Balaban J connectivity index is 4.35. The van der Waals surface area contributed by atoms with E-state index in [9.17, 15) is 9.90 Å². The second-order valence-corrected chi connectivity index (χ2v) is 6.88. The standard InChI is InChI=1S/C17H36N2O2/c1-7-8-9-12-19(15(4)5)13-10-11-17(6,16(20)21)18-14(2)3/h14-15,18H,7-13H2,1-6H3,(H,20,21). The first kappa shape index (κ1) is 20.4. The number of carboxylic acids is 1. The van der Waals surface area contributed by atoms with Crippen molar-refractivity contribution in [3.05, 3.63) is 0 Å². The molecule has 2 N–H and O–H groups in total. The van der Waals surface area contributed by atoms with Gasteiger partial charge in [-0.1, -0.05) is 19.8 Å². The average molecular weight is 300 g/mol. The van der Waals surface area contributed by atoms with Crippen LogP contribution in [0.5, 0.6) is 0 Å². The van der Waals surface area contributed by atoms with Gasteiger partial charge in [-0.2, -0.15) is 0 Å². The molecule has 0 bridgehead atoms. The van der Waals surface area contributed by atoms with Crippen LogP contribution in [0.15, 0.2) is 0 Å². The van der Waals surface area contributed by atoms with E-state index in [1.165, 1.54) is 19.3 Å². The van der Waals surface area contributed by atoms with Crippen LogP contribution < -0.4 is 5.32 Å². The predicted octanol–water partition coefficient (Wildman–Crippen LogP) is 3.51. The van der Waals surface area contributed by atoms with Crippen LogP contribution >= 0.6 is 0 Å². The first-order valence-electron chi connectivity index (χ1n) is 8.48. The van der Waals surface area contributed by atoms with E-state index in [1.54, 1.807) is 6.92 Å². The molecule has 4 nitrogen and oxygen atoms in total. The number of hydrogen-bond donors (Lipinski definition) is 2. The quantitative estimate of drug-likeness (QED) is 0.542. The molecule has 4 heteroatoms. The minimum Gasteiger partial charge on any atom is -0.480 e. The Morgan fingerprint density at radius 1 is 1.14 bits per heavy atom. The molecule has 0 fully saturated rings. The number of unbranched alkanes of at least 4 members (excludes halogenated alkanes) is 2. The molecule has 0 amide bonds. The van der Waals surface area contributed by atoms with E-state index in [0.717, 1.165) is 19.5 Å². The molecule has 0 saturated carbocycles. The van der Waals surface area contributed by atoms with Gasteiger partial charge in [0, 0.05) is 12.1 Å². The molecular weight excluding hydrogens is 264 g/mol. The predicted molar refractivity (Wildman–Crippen MR) is 89.8 cm³/mol. The van der Waals surface area contributed by atoms with Crippen molar-refractivity contribution in [2.75, 3.05) is 13.1 Å². The van der Waals surface area contributed by atoms with Crippen LogP contribution in [0.25, 0.3) is 0 Å². The smallest absolute Gasteiger partial charge is 0.323 e. The second kappa shape index (κ2) is 10.2. The lowest BCUT2D eigenvalue weighted by atomic mass is 9.94. The van der Waals surface area contributed by atoms with Crippen molar-refractivity contribution in [2.45, 2.75) is 91.3 Å². The topological polar surface area (TPSA) is 52.6 Å². The average Bonchev–Trinajstić information content (AvgIpc) is 2.35. The van der Waals surface area contributed by atoms with Gasteiger partial charge in [-0.3, -0.25) is 10.1 Å². The van der Waals surface area contributed by atoms with E-state index in [0.29, 0.717) is 12.5 Å². The van der Waals surface area contributed by atoms with Crippen molar-refractivity contribution in [3.63, 3.8) is 0 Å². The molecule has 0 spiro atoms. The van der Waals surface area contributed by atoms with E-state index in [-0.39, 0.29) is 6.04 Å². The van der Waals surface area contributed by atoms with Gasteiger partial charge in [-0.25, -0.2) is 0 Å². The van der Waals surface area contributed by atoms with Crippen molar-refractivity contribution in [2.24, 2.45) is 0 Å². The van der Waals surface area contributed by atoms with E-state index >= 15 is 0 Å². The number of hydrogen-bond acceptors (Lipinski definition) is 3. The number of carboxylic acid groups (broad SMARTS) is 1. The minimum absolute atomic E-state index is 0.178. The summed E-state index contributed by atoms with van der Waals surface area (Å²) < 4.78 is 0. The molecule has 0 radical (unpaired) electrons. The van der Waals surface area contributed by atoms with Gasteiger partial charge in [0.05, 0.1) is 0 Å². The summed E-state index contributed by atoms with van der Waals surface area (Å²) in [7, 11) is 0. The van der Waals surface area contributed by atoms with Gasteiger partial charge < -0.3 is 10.0 Å². The summed E-state index contributed by atoms with van der Waals surface area (Å²) in [4.78, 5) is 14.0. The van der Waals surface area contributed by atoms with E-state index in [1.807, 2.05) is 13.8 Å². The van der Waals surface area contributed by atoms with Crippen LogP contribution in [0, 0.1) is 0 Å². The Morgan fingerprint density at radius 3 is 2.14 bits per heavy atom. The summed E-state index contributed by atoms with van der Waals surface area (Å²) in [6, 6.07) is 0.702. The Morgan fingerprint density at radius 2 is 1.71 bits per heavy atom. The van der Waals surface area contributed by atoms with Gasteiger partial charge in [-0.15, -0.1) is 0 Å². The number of nitrogens with one attached hydrogen (secondary N) is 1. The molecule has 1 unspecified atom stereocenters. The van der Waals surface area contributed by atoms with Crippen LogP contribution in [-0.4, -0.2) is 46.7 Å². The summed E-state index contributed by atoms with van der Waals surface area (Å²) in [5, 5.41) is 12.6. The fourth-order valence-electron chi connectivity index (χ4n) is 2.71. The molecule has 0 heterocycles. The van der Waals surface area contributed by atoms with Gasteiger partial charge in [0.2, 0.25) is 0 Å². The first-order valence-corrected chi connectivity index (χ1v) is 8.48. The lowest BCUT2D eigenvalue weighted by Crippen LogP contribution is -2.52. The van der Waals surface area contributed by atoms with Crippen LogP contribution in [0.1, 0.15) is 73.6 Å². The largest absolute Gasteiger partial charge is 0.480 e. The number of carbonyl (C=O) groups is 1. The summed E-state index contributed by atoms with van der Waals surface area (Å²) in [5.41, 5.74) is -0.819. The Labute approximate surface area is 131 Å². The molecule has 0 aliphatic carbocycles. The maximum Gasteiger partial charge on any atom is 0.323 e. The van der Waals surface area contributed by atoms with Gasteiger partial charge in [-0.05, 0) is 67.0 Å². The zero-order chi connectivity index (χ0) is 16.5. The zero-order valence-electron chi connectivity index (χ0n) is 14.9. The zero-order valence-corrected chi connectivity index (χ0v) is 14.9. The van der Waals surface area contributed by atoms with E-state index in [2.05, 4.69) is 31.0 Å². The maximum atomic E-state index is 11.5. The summed E-state index contributed by atoms with van der Waals surface area (Å²) in [5.74, 6) is -0.752. The Kier molecular flexibility index (Phi) is 9.88. The molecule has 0 aromatic heterocycles. The van der Waals surface area contributed by atoms with Crippen molar-refractivity contribution in [3.8, 4) is 0 Å². The lowest BCUT2D eigenvalue weighted by molar-refractivity contribution is -0.144. The highest BCUT2D eigenvalue weighted by Gasteiger charge is 2.32. The molecule has 0 rings (SSSR count). The number of nitrogens with zero attached hydrogens (tertiary/aromatic N) is 1. The lowest BCUT2D eigenvalue weighted by Gasteiger charge is -2.31. The van der Waals surface area contributed by atoms with Crippen LogP contribution in [-0.2, 0) is 4.79 Å². The first-order chi connectivity index (χ1) is 9.73. The maximum absolute atomic E-state index is 11.5. The molecule has 0 aliphatic heterocycles. The fraction of sp³-hybridized carbons (Fsp3) is 0.941. The normalized spacial score (nSPS) is 14.9. The van der Waals surface area contributed by atoms with Gasteiger partial charge >= 0.3 is 5.97 Å². The molecule has 0 aliphatic rings. The Hall–Kier alpha value is -0.610. The molecule has 1 atom stereocenters. The highest BCUT2D eigenvalue weighted by atomic mass is 16.4. The fourth-order valence-corrected chi connectivity index (χ4v) is 2.71. The summed E-state index contributed by atoms with van der Waals surface area (Å²) in [6.45, 7) is 14.5. The molecule has 0 aromatic rings. The van der Waals surface area contributed by atoms with Gasteiger partial charge in [0.1, 0.15) is 5.54 Å². The molecule has 0 aromatic carbocycles. The third kappa shape index (κ3) is 8.42. The van der Waals surface area contributed by atoms with E-state index in [4.69, 9.17) is 0 Å². The molecular formula is C17H36N2O2. The number of aliphatic carboxylic acids is 1. The second-order valence-electron chi connectivity index (χ2n) is 6.88. The highest BCUT2D eigenvalue weighted by molar-refractivity contribution is 5.78. The van der Waals surface area contributed by atoms with Gasteiger partial charge in [0.25, 0.3) is 0 Å². The van der Waals surface area contributed by atoms with Crippen molar-refractivity contribution in [1.82, 2.24) is 10.2 Å². The van der Waals surface area contributed by atoms with E-state index < -0.39 is 11.5 Å². The molecule has 0 saturated heterocycles. The van der Waals surface area contributed by atoms with Crippen molar-refractivity contribution < 1.29 is 9.90 Å². The summed E-state index contributed by atoms with van der Waals surface area (Å²) >= 11 is 0. The number of rotatable bonds is 12. The highest BCUT2D eigenvalue weighted by Crippen LogP contribution is 2.15. The third-order valence-electron chi connectivity index (χ3n) is 3.98. The summed E-state index contributed by atoms with van der Waals surface area (Å²) in [6.07, 6.45) is 5.31. The van der Waals surface area contributed by atoms with Crippen LogP contribution in [0.4, 0.5) is 0 Å². The molecule has 21 heavy (non-hydrogen) atoms. The minimum atomic E-state index is -0.819. The van der Waals surface area contributed by atoms with Crippen molar-refractivity contribution >= 4 is 5.97 Å². The Bertz CT molecular complexity index is 293. The monoisotopic (exact) mass is 300 g/mol. The third-order valence-corrected chi connectivity index (χ3v) is 3.98. The molecule has 126 valence electrons. The van der Waals surface area contributed by atoms with Crippen LogP contribution in [0.2, 0.25) is 0 Å². The van der Waals surface area contributed by atoms with Gasteiger partial charge in [0.15, 0.2) is 0 Å². The SMILES string of the molecule is CCCCCN(CCCC(C)(NC(C)C)C(=O)O)C(C)C.